The first kappa shape index (κ1) is 13.0. The minimum absolute atomic E-state index is 0.272. The fraction of sp³-hybridized carbons (Fsp3) is 0.143. The van der Waals surface area contributed by atoms with Gasteiger partial charge in [-0.2, -0.15) is 5.10 Å². The van der Waals surface area contributed by atoms with E-state index in [0.29, 0.717) is 17.3 Å². The molecule has 1 amide bonds. The summed E-state index contributed by atoms with van der Waals surface area (Å²) in [5, 5.41) is 9.66. The van der Waals surface area contributed by atoms with Gasteiger partial charge in [-0.3, -0.25) is 9.89 Å². The van der Waals surface area contributed by atoms with Crippen LogP contribution in [-0.4, -0.2) is 26.1 Å². The molecular weight excluding hydrogens is 270 g/mol. The van der Waals surface area contributed by atoms with Gasteiger partial charge in [0.2, 0.25) is 0 Å². The summed E-state index contributed by atoms with van der Waals surface area (Å²) in [5.41, 5.74) is 1.73. The van der Waals surface area contributed by atoms with Gasteiger partial charge in [0.25, 0.3) is 5.91 Å². The van der Waals surface area contributed by atoms with E-state index in [9.17, 15) is 4.79 Å². The number of rotatable bonds is 3. The van der Waals surface area contributed by atoms with E-state index in [0.717, 1.165) is 11.4 Å². The Morgan fingerprint density at radius 2 is 2.19 bits per heavy atom. The molecule has 7 heteroatoms. The number of hydrogen-bond acceptors (Lipinski definition) is 5. The second-order valence-corrected chi connectivity index (χ2v) is 4.54. The van der Waals surface area contributed by atoms with Crippen molar-refractivity contribution in [2.75, 3.05) is 5.32 Å². The van der Waals surface area contributed by atoms with E-state index >= 15 is 0 Å². The number of oxazole rings is 1. The van der Waals surface area contributed by atoms with Crippen molar-refractivity contribution < 1.29 is 9.21 Å². The van der Waals surface area contributed by atoms with Gasteiger partial charge in [0.1, 0.15) is 11.6 Å². The number of carbonyl (C=O) groups excluding carboxylic acids is 1. The Morgan fingerprint density at radius 3 is 2.86 bits per heavy atom. The minimum atomic E-state index is -0.315. The van der Waals surface area contributed by atoms with Crippen LogP contribution in [0.4, 0.5) is 5.69 Å². The van der Waals surface area contributed by atoms with Crippen LogP contribution < -0.4 is 5.32 Å². The molecule has 1 aromatic carbocycles. The number of amides is 1. The van der Waals surface area contributed by atoms with E-state index in [1.165, 1.54) is 6.39 Å². The number of aromatic nitrogens is 4. The molecule has 2 heterocycles. The van der Waals surface area contributed by atoms with Crippen LogP contribution in [0.5, 0.6) is 0 Å². The number of aromatic amines is 1. The largest absolute Gasteiger partial charge is 0.448 e. The molecular formula is C14H13N5O2. The third-order valence-corrected chi connectivity index (χ3v) is 2.94. The number of carbonyl (C=O) groups is 1. The molecule has 106 valence electrons. The zero-order chi connectivity index (χ0) is 14.8. The van der Waals surface area contributed by atoms with Crippen molar-refractivity contribution in [2.24, 2.45) is 0 Å². The number of hydrogen-bond donors (Lipinski definition) is 2. The van der Waals surface area contributed by atoms with Crippen molar-refractivity contribution in [2.45, 2.75) is 13.8 Å². The summed E-state index contributed by atoms with van der Waals surface area (Å²) >= 11 is 0. The highest BCUT2D eigenvalue weighted by Crippen LogP contribution is 2.20. The molecule has 2 N–H and O–H groups in total. The van der Waals surface area contributed by atoms with Crippen LogP contribution in [0.3, 0.4) is 0 Å². The van der Waals surface area contributed by atoms with E-state index in [-0.39, 0.29) is 11.6 Å². The van der Waals surface area contributed by atoms with Crippen LogP contribution in [0.2, 0.25) is 0 Å². The molecule has 0 aliphatic carbocycles. The Labute approximate surface area is 120 Å². The summed E-state index contributed by atoms with van der Waals surface area (Å²) in [5.74, 6) is 1.48. The molecule has 0 radical (unpaired) electrons. The summed E-state index contributed by atoms with van der Waals surface area (Å²) in [6.45, 7) is 3.52. The highest BCUT2D eigenvalue weighted by Gasteiger charge is 2.14. The lowest BCUT2D eigenvalue weighted by Crippen LogP contribution is -2.13. The normalized spacial score (nSPS) is 10.6. The maximum absolute atomic E-state index is 12.1. The van der Waals surface area contributed by atoms with Crippen molar-refractivity contribution in [3.63, 3.8) is 0 Å². The van der Waals surface area contributed by atoms with Gasteiger partial charge < -0.3 is 9.73 Å². The van der Waals surface area contributed by atoms with Crippen molar-refractivity contribution in [3.05, 3.63) is 47.9 Å². The Kier molecular flexibility index (Phi) is 3.23. The first-order valence-corrected chi connectivity index (χ1v) is 6.34. The van der Waals surface area contributed by atoms with Crippen LogP contribution in [-0.2, 0) is 0 Å². The predicted molar refractivity (Wildman–Crippen MR) is 75.7 cm³/mol. The van der Waals surface area contributed by atoms with Gasteiger partial charge in [-0.25, -0.2) is 9.97 Å². The van der Waals surface area contributed by atoms with Gasteiger partial charge in [0.15, 0.2) is 17.9 Å². The van der Waals surface area contributed by atoms with Crippen molar-refractivity contribution in [1.82, 2.24) is 20.2 Å². The molecule has 0 bridgehead atoms. The zero-order valence-electron chi connectivity index (χ0n) is 11.5. The maximum Gasteiger partial charge on any atom is 0.277 e. The monoisotopic (exact) mass is 283 g/mol. The molecule has 2 aromatic heterocycles. The van der Waals surface area contributed by atoms with Crippen LogP contribution in [0.25, 0.3) is 11.4 Å². The minimum Gasteiger partial charge on any atom is -0.448 e. The second-order valence-electron chi connectivity index (χ2n) is 4.54. The lowest BCUT2D eigenvalue weighted by atomic mass is 10.2. The van der Waals surface area contributed by atoms with E-state index < -0.39 is 0 Å². The molecule has 0 spiro atoms. The maximum atomic E-state index is 12.1. The van der Waals surface area contributed by atoms with Crippen LogP contribution in [0, 0.1) is 13.8 Å². The highest BCUT2D eigenvalue weighted by molar-refractivity contribution is 6.03. The number of H-pyrrole nitrogens is 1. The van der Waals surface area contributed by atoms with Crippen LogP contribution in [0.15, 0.2) is 35.1 Å². The van der Waals surface area contributed by atoms with Gasteiger partial charge in [-0.05, 0) is 26.0 Å². The Balaban J connectivity index is 1.84. The van der Waals surface area contributed by atoms with Crippen LogP contribution in [0.1, 0.15) is 22.1 Å². The smallest absolute Gasteiger partial charge is 0.277 e. The van der Waals surface area contributed by atoms with E-state index in [1.54, 1.807) is 19.1 Å². The van der Waals surface area contributed by atoms with Gasteiger partial charge >= 0.3 is 0 Å². The first-order valence-electron chi connectivity index (χ1n) is 6.34. The SMILES string of the molecule is Cc1nc(-c2cccc(NC(=O)c3ncoc3C)c2)n[nH]1. The van der Waals surface area contributed by atoms with Gasteiger partial charge in [0, 0.05) is 11.3 Å². The average Bonchev–Trinajstić information content (AvgIpc) is 3.08. The summed E-state index contributed by atoms with van der Waals surface area (Å²) in [4.78, 5) is 20.2. The second kappa shape index (κ2) is 5.20. The molecule has 0 fully saturated rings. The highest BCUT2D eigenvalue weighted by atomic mass is 16.3. The number of benzene rings is 1. The number of nitrogens with zero attached hydrogens (tertiary/aromatic N) is 3. The van der Waals surface area contributed by atoms with Crippen molar-refractivity contribution in [3.8, 4) is 11.4 Å². The molecule has 7 nitrogen and oxygen atoms in total. The standard InChI is InChI=1S/C14H13N5O2/c1-8-12(15-7-21-8)14(20)17-11-5-3-4-10(6-11)13-16-9(2)18-19-13/h3-7H,1-2H3,(H,17,20)(H,16,18,19). The quantitative estimate of drug-likeness (QED) is 0.769. The average molecular weight is 283 g/mol. The summed E-state index contributed by atoms with van der Waals surface area (Å²) in [6.07, 6.45) is 1.25. The number of nitrogens with one attached hydrogen (secondary N) is 2. The Bertz CT molecular complexity index is 790. The molecule has 0 aliphatic heterocycles. The molecule has 0 saturated carbocycles. The lowest BCUT2D eigenvalue weighted by molar-refractivity contribution is 0.102. The van der Waals surface area contributed by atoms with Gasteiger partial charge in [-0.1, -0.05) is 12.1 Å². The van der Waals surface area contributed by atoms with Crippen molar-refractivity contribution in [1.29, 1.82) is 0 Å². The third kappa shape index (κ3) is 2.66. The summed E-state index contributed by atoms with van der Waals surface area (Å²) in [7, 11) is 0. The van der Waals surface area contributed by atoms with E-state index in [1.807, 2.05) is 19.1 Å². The fourth-order valence-electron chi connectivity index (χ4n) is 1.92. The van der Waals surface area contributed by atoms with E-state index in [2.05, 4.69) is 25.5 Å². The number of anilines is 1. The van der Waals surface area contributed by atoms with E-state index in [4.69, 9.17) is 4.42 Å². The molecule has 0 atom stereocenters. The Hall–Kier alpha value is -2.96. The van der Waals surface area contributed by atoms with Gasteiger partial charge in [0.05, 0.1) is 0 Å². The molecule has 3 rings (SSSR count). The first-order chi connectivity index (χ1) is 10.1. The predicted octanol–water partition coefficient (Wildman–Crippen LogP) is 2.33. The molecule has 0 unspecified atom stereocenters. The van der Waals surface area contributed by atoms with Gasteiger partial charge in [-0.15, -0.1) is 0 Å². The molecule has 3 aromatic rings. The molecule has 0 saturated heterocycles. The Morgan fingerprint density at radius 1 is 1.33 bits per heavy atom. The summed E-state index contributed by atoms with van der Waals surface area (Å²) < 4.78 is 5.02. The fourth-order valence-corrected chi connectivity index (χ4v) is 1.92. The summed E-state index contributed by atoms with van der Waals surface area (Å²) in [6, 6.07) is 7.29. The lowest BCUT2D eigenvalue weighted by Gasteiger charge is -2.04. The van der Waals surface area contributed by atoms with Crippen LogP contribution >= 0.6 is 0 Å². The molecule has 0 aliphatic rings. The topological polar surface area (TPSA) is 96.7 Å². The number of aryl methyl sites for hydroxylation is 2. The third-order valence-electron chi connectivity index (χ3n) is 2.94. The van der Waals surface area contributed by atoms with Crippen molar-refractivity contribution >= 4 is 11.6 Å². The zero-order valence-corrected chi connectivity index (χ0v) is 11.5. The molecule has 21 heavy (non-hydrogen) atoms.